The highest BCUT2D eigenvalue weighted by molar-refractivity contribution is 9.10. The maximum atomic E-state index is 10.5. The zero-order chi connectivity index (χ0) is 23.1. The number of anilines is 1. The van der Waals surface area contributed by atoms with Crippen LogP contribution in [-0.4, -0.2) is 27.2 Å². The van der Waals surface area contributed by atoms with Crippen LogP contribution in [0.25, 0.3) is 22.4 Å². The summed E-state index contributed by atoms with van der Waals surface area (Å²) in [5, 5.41) is 18.6. The van der Waals surface area contributed by atoms with Gasteiger partial charge in [-0.3, -0.25) is 0 Å². The predicted molar refractivity (Wildman–Crippen MR) is 137 cm³/mol. The van der Waals surface area contributed by atoms with Crippen molar-refractivity contribution in [3.05, 3.63) is 64.1 Å². The molecule has 32 heavy (non-hydrogen) atoms. The van der Waals surface area contributed by atoms with Crippen molar-refractivity contribution in [1.29, 1.82) is 0 Å². The highest BCUT2D eigenvalue weighted by Crippen LogP contribution is 2.37. The van der Waals surface area contributed by atoms with Crippen molar-refractivity contribution < 1.29 is 5.11 Å². The number of halogens is 2. The lowest BCUT2D eigenvalue weighted by Gasteiger charge is -2.46. The van der Waals surface area contributed by atoms with Crippen molar-refractivity contribution in [2.45, 2.75) is 57.7 Å². The molecule has 1 aliphatic rings. The Hall–Kier alpha value is -2.08. The van der Waals surface area contributed by atoms with Crippen LogP contribution in [0, 0.1) is 0 Å². The van der Waals surface area contributed by atoms with Crippen molar-refractivity contribution in [2.24, 2.45) is 0 Å². The number of benzene rings is 2. The van der Waals surface area contributed by atoms with Gasteiger partial charge in [-0.25, -0.2) is 4.98 Å². The van der Waals surface area contributed by atoms with Gasteiger partial charge in [0.2, 0.25) is 0 Å². The van der Waals surface area contributed by atoms with E-state index in [1.54, 1.807) is 6.07 Å². The topological polar surface area (TPSA) is 57.2 Å². The molecule has 1 fully saturated rings. The summed E-state index contributed by atoms with van der Waals surface area (Å²) in [5.41, 5.74) is 3.28. The van der Waals surface area contributed by atoms with Gasteiger partial charge in [0.25, 0.3) is 0 Å². The molecule has 4 nitrogen and oxygen atoms in total. The number of piperidine rings is 1. The van der Waals surface area contributed by atoms with Crippen molar-refractivity contribution in [2.75, 3.05) is 5.32 Å². The zero-order valence-corrected chi connectivity index (χ0v) is 21.2. The molecule has 0 saturated carbocycles. The number of nitrogens with zero attached hydrogens (tertiary/aromatic N) is 1. The third kappa shape index (κ3) is 5.28. The first-order valence-corrected chi connectivity index (χ1v) is 12.0. The maximum absolute atomic E-state index is 10.5. The first kappa shape index (κ1) is 23.1. The van der Waals surface area contributed by atoms with E-state index in [9.17, 15) is 5.11 Å². The second-order valence-electron chi connectivity index (χ2n) is 9.91. The minimum Gasteiger partial charge on any atom is -0.507 e. The SMILES string of the molecule is CC1(C)CC(Nc2cc(-c3ccccc3Cl)cc(-c3cc(Br)ccc3O)n2)CC(C)(C)N1. The number of phenolic OH excluding ortho intramolecular Hbond substituents is 1. The molecule has 0 bridgehead atoms. The average Bonchev–Trinajstić information content (AvgIpc) is 2.67. The number of hydrogen-bond acceptors (Lipinski definition) is 4. The quantitative estimate of drug-likeness (QED) is 0.343. The van der Waals surface area contributed by atoms with Gasteiger partial charge in [-0.15, -0.1) is 0 Å². The Morgan fingerprint density at radius 1 is 1.00 bits per heavy atom. The van der Waals surface area contributed by atoms with E-state index in [1.807, 2.05) is 48.5 Å². The van der Waals surface area contributed by atoms with Crippen LogP contribution in [0.4, 0.5) is 5.82 Å². The van der Waals surface area contributed by atoms with Crippen molar-refractivity contribution in [3.8, 4) is 28.1 Å². The molecule has 0 unspecified atom stereocenters. The van der Waals surface area contributed by atoms with E-state index in [-0.39, 0.29) is 22.9 Å². The lowest BCUT2D eigenvalue weighted by molar-refractivity contribution is 0.170. The summed E-state index contributed by atoms with van der Waals surface area (Å²) in [7, 11) is 0. The van der Waals surface area contributed by atoms with E-state index in [4.69, 9.17) is 16.6 Å². The van der Waals surface area contributed by atoms with E-state index < -0.39 is 0 Å². The monoisotopic (exact) mass is 513 g/mol. The highest BCUT2D eigenvalue weighted by Gasteiger charge is 2.37. The standard InChI is InChI=1S/C26H29BrClN3O/c1-25(2)14-18(15-26(3,4)31-25)29-24-12-16(19-7-5-6-8-21(19)28)11-22(30-24)20-13-17(27)9-10-23(20)32/h5-13,18,31-32H,14-15H2,1-4H3,(H,29,30). The molecule has 4 rings (SSSR count). The van der Waals surface area contributed by atoms with Crippen LogP contribution in [0.1, 0.15) is 40.5 Å². The minimum absolute atomic E-state index is 0.0190. The Kier molecular flexibility index (Phi) is 6.27. The van der Waals surface area contributed by atoms with Crippen LogP contribution in [0.2, 0.25) is 5.02 Å². The molecule has 2 heterocycles. The van der Waals surface area contributed by atoms with E-state index >= 15 is 0 Å². The summed E-state index contributed by atoms with van der Waals surface area (Å²) in [5.74, 6) is 0.961. The van der Waals surface area contributed by atoms with Gasteiger partial charge < -0.3 is 15.7 Å². The van der Waals surface area contributed by atoms with Crippen LogP contribution in [0.5, 0.6) is 5.75 Å². The maximum Gasteiger partial charge on any atom is 0.127 e. The van der Waals surface area contributed by atoms with Crippen molar-refractivity contribution >= 4 is 33.3 Å². The summed E-state index contributed by atoms with van der Waals surface area (Å²) in [4.78, 5) is 4.89. The Balaban J connectivity index is 1.79. The number of pyridine rings is 1. The van der Waals surface area contributed by atoms with Gasteiger partial charge in [0.1, 0.15) is 11.6 Å². The summed E-state index contributed by atoms with van der Waals surface area (Å²) >= 11 is 10.0. The molecule has 3 N–H and O–H groups in total. The van der Waals surface area contributed by atoms with Crippen LogP contribution in [-0.2, 0) is 0 Å². The molecule has 0 amide bonds. The summed E-state index contributed by atoms with van der Waals surface area (Å²) in [6.07, 6.45) is 1.96. The fraction of sp³-hybridized carbons (Fsp3) is 0.346. The predicted octanol–water partition coefficient (Wildman–Crippen LogP) is 7.26. The second kappa shape index (κ2) is 8.69. The molecular formula is C26H29BrClN3O. The minimum atomic E-state index is 0.0190. The highest BCUT2D eigenvalue weighted by atomic mass is 79.9. The fourth-order valence-electron chi connectivity index (χ4n) is 4.94. The molecule has 1 saturated heterocycles. The Bertz CT molecular complexity index is 1130. The second-order valence-corrected chi connectivity index (χ2v) is 11.2. The zero-order valence-electron chi connectivity index (χ0n) is 18.8. The molecule has 168 valence electrons. The summed E-state index contributed by atoms with van der Waals surface area (Å²) in [6.45, 7) is 8.95. The average molecular weight is 515 g/mol. The molecule has 6 heteroatoms. The lowest BCUT2D eigenvalue weighted by atomic mass is 9.79. The van der Waals surface area contributed by atoms with E-state index in [1.165, 1.54) is 0 Å². The molecular weight excluding hydrogens is 486 g/mol. The third-order valence-electron chi connectivity index (χ3n) is 5.79. The number of aromatic nitrogens is 1. The largest absolute Gasteiger partial charge is 0.507 e. The lowest BCUT2D eigenvalue weighted by Crippen LogP contribution is -2.60. The third-order valence-corrected chi connectivity index (χ3v) is 6.61. The fourth-order valence-corrected chi connectivity index (χ4v) is 5.55. The Morgan fingerprint density at radius 3 is 2.38 bits per heavy atom. The normalized spacial score (nSPS) is 17.8. The van der Waals surface area contributed by atoms with Gasteiger partial charge in [0, 0.05) is 37.7 Å². The molecule has 0 spiro atoms. The van der Waals surface area contributed by atoms with Gasteiger partial charge in [0.15, 0.2) is 0 Å². The molecule has 3 aromatic rings. The number of nitrogens with one attached hydrogen (secondary N) is 2. The van der Waals surface area contributed by atoms with Gasteiger partial charge in [0.05, 0.1) is 5.69 Å². The van der Waals surface area contributed by atoms with E-state index in [0.29, 0.717) is 16.3 Å². The Labute approximate surface area is 203 Å². The molecule has 1 aromatic heterocycles. The summed E-state index contributed by atoms with van der Waals surface area (Å²) in [6, 6.07) is 17.4. The van der Waals surface area contributed by atoms with Gasteiger partial charge in [-0.1, -0.05) is 45.7 Å². The molecule has 0 aliphatic carbocycles. The molecule has 0 atom stereocenters. The molecule has 1 aliphatic heterocycles. The van der Waals surface area contributed by atoms with E-state index in [2.05, 4.69) is 54.3 Å². The van der Waals surface area contributed by atoms with Crippen LogP contribution >= 0.6 is 27.5 Å². The van der Waals surface area contributed by atoms with Gasteiger partial charge >= 0.3 is 0 Å². The number of hydrogen-bond donors (Lipinski definition) is 3. The molecule has 0 radical (unpaired) electrons. The smallest absolute Gasteiger partial charge is 0.127 e. The van der Waals surface area contributed by atoms with Crippen LogP contribution in [0.3, 0.4) is 0 Å². The van der Waals surface area contributed by atoms with Crippen LogP contribution in [0.15, 0.2) is 59.1 Å². The van der Waals surface area contributed by atoms with Gasteiger partial charge in [-0.05, 0) is 82.5 Å². The van der Waals surface area contributed by atoms with Gasteiger partial charge in [-0.2, -0.15) is 0 Å². The summed E-state index contributed by atoms with van der Waals surface area (Å²) < 4.78 is 0.881. The van der Waals surface area contributed by atoms with Crippen molar-refractivity contribution in [3.63, 3.8) is 0 Å². The number of phenols is 1. The first-order valence-electron chi connectivity index (χ1n) is 10.8. The van der Waals surface area contributed by atoms with E-state index in [0.717, 1.165) is 34.3 Å². The Morgan fingerprint density at radius 2 is 1.69 bits per heavy atom. The van der Waals surface area contributed by atoms with Crippen LogP contribution < -0.4 is 10.6 Å². The molecule has 2 aromatic carbocycles. The first-order chi connectivity index (χ1) is 15.0. The number of rotatable bonds is 4. The number of aromatic hydroxyl groups is 1. The van der Waals surface area contributed by atoms with Crippen molar-refractivity contribution in [1.82, 2.24) is 10.3 Å².